The third-order valence-corrected chi connectivity index (χ3v) is 3.05. The van der Waals surface area contributed by atoms with Crippen molar-refractivity contribution in [2.24, 2.45) is 4.99 Å². The number of anilines is 1. The van der Waals surface area contributed by atoms with Crippen LogP contribution in [0.4, 0.5) is 10.1 Å². The maximum Gasteiger partial charge on any atom is 0.191 e. The van der Waals surface area contributed by atoms with E-state index in [0.717, 1.165) is 25.5 Å². The van der Waals surface area contributed by atoms with E-state index in [1.165, 1.54) is 6.07 Å². The first-order chi connectivity index (χ1) is 10.2. The molecule has 21 heavy (non-hydrogen) atoms. The fraction of sp³-hybridized carbons (Fsp3) is 0.533. The molecule has 0 aliphatic carbocycles. The third kappa shape index (κ3) is 6.44. The van der Waals surface area contributed by atoms with Gasteiger partial charge in [0.25, 0.3) is 0 Å². The Balaban J connectivity index is 2.25. The fourth-order valence-electron chi connectivity index (χ4n) is 1.90. The molecule has 6 heteroatoms. The minimum Gasteiger partial charge on any atom is -0.383 e. The lowest BCUT2D eigenvalue weighted by molar-refractivity contribution is 0.203. The maximum atomic E-state index is 13.6. The summed E-state index contributed by atoms with van der Waals surface area (Å²) in [6.45, 7) is 2.89. The average Bonchev–Trinajstić information content (AvgIpc) is 2.50. The van der Waals surface area contributed by atoms with E-state index < -0.39 is 0 Å². The maximum absolute atomic E-state index is 13.6. The zero-order valence-electron chi connectivity index (χ0n) is 13.0. The van der Waals surface area contributed by atoms with Crippen LogP contribution in [0.2, 0.25) is 0 Å². The molecule has 5 nitrogen and oxygen atoms in total. The summed E-state index contributed by atoms with van der Waals surface area (Å²) in [6, 6.07) is 6.80. The van der Waals surface area contributed by atoms with Crippen LogP contribution in [0.3, 0.4) is 0 Å². The molecule has 0 aliphatic heterocycles. The van der Waals surface area contributed by atoms with Crippen LogP contribution >= 0.6 is 0 Å². The largest absolute Gasteiger partial charge is 0.383 e. The van der Waals surface area contributed by atoms with Crippen molar-refractivity contribution in [3.05, 3.63) is 30.1 Å². The van der Waals surface area contributed by atoms with Crippen LogP contribution in [0.15, 0.2) is 29.3 Å². The van der Waals surface area contributed by atoms with E-state index in [2.05, 4.69) is 15.6 Å². The average molecular weight is 296 g/mol. The van der Waals surface area contributed by atoms with Crippen molar-refractivity contribution >= 4 is 11.6 Å². The van der Waals surface area contributed by atoms with Crippen molar-refractivity contribution in [1.29, 1.82) is 0 Å². The van der Waals surface area contributed by atoms with Gasteiger partial charge in [-0.2, -0.15) is 0 Å². The molecule has 0 bridgehead atoms. The van der Waals surface area contributed by atoms with Gasteiger partial charge in [0.15, 0.2) is 5.96 Å². The molecule has 0 aromatic heterocycles. The molecule has 0 atom stereocenters. The lowest BCUT2D eigenvalue weighted by Gasteiger charge is -2.20. The molecule has 0 radical (unpaired) electrons. The monoisotopic (exact) mass is 296 g/mol. The highest BCUT2D eigenvalue weighted by atomic mass is 19.1. The smallest absolute Gasteiger partial charge is 0.191 e. The van der Waals surface area contributed by atoms with E-state index in [-0.39, 0.29) is 5.82 Å². The van der Waals surface area contributed by atoms with E-state index in [1.807, 2.05) is 18.0 Å². The second-order valence-corrected chi connectivity index (χ2v) is 4.65. The van der Waals surface area contributed by atoms with Gasteiger partial charge in [0, 0.05) is 40.8 Å². The van der Waals surface area contributed by atoms with Gasteiger partial charge in [-0.1, -0.05) is 12.1 Å². The van der Waals surface area contributed by atoms with Crippen LogP contribution < -0.4 is 15.5 Å². The Morgan fingerprint density at radius 3 is 2.67 bits per heavy atom. The van der Waals surface area contributed by atoms with Gasteiger partial charge in [0.1, 0.15) is 5.82 Å². The topological polar surface area (TPSA) is 48.9 Å². The van der Waals surface area contributed by atoms with Gasteiger partial charge in [0.2, 0.25) is 0 Å². The van der Waals surface area contributed by atoms with Crippen LogP contribution in [0.1, 0.15) is 6.42 Å². The Morgan fingerprint density at radius 1 is 1.29 bits per heavy atom. The zero-order chi connectivity index (χ0) is 15.5. The molecule has 0 amide bonds. The lowest BCUT2D eigenvalue weighted by Crippen LogP contribution is -2.40. The van der Waals surface area contributed by atoms with E-state index >= 15 is 0 Å². The third-order valence-electron chi connectivity index (χ3n) is 3.05. The second-order valence-electron chi connectivity index (χ2n) is 4.65. The number of hydrogen-bond donors (Lipinski definition) is 2. The summed E-state index contributed by atoms with van der Waals surface area (Å²) in [5.41, 5.74) is 0.625. The number of para-hydroxylation sites is 1. The summed E-state index contributed by atoms with van der Waals surface area (Å²) in [7, 11) is 5.29. The molecule has 118 valence electrons. The summed E-state index contributed by atoms with van der Waals surface area (Å²) < 4.78 is 18.6. The molecular weight excluding hydrogens is 271 g/mol. The van der Waals surface area contributed by atoms with Gasteiger partial charge < -0.3 is 20.3 Å². The predicted molar refractivity (Wildman–Crippen MR) is 85.5 cm³/mol. The summed E-state index contributed by atoms with van der Waals surface area (Å²) in [5, 5.41) is 6.35. The normalized spacial score (nSPS) is 11.3. The first kappa shape index (κ1) is 17.2. The molecule has 2 N–H and O–H groups in total. The Morgan fingerprint density at radius 2 is 2.00 bits per heavy atom. The Hall–Kier alpha value is -1.82. The standard InChI is InChI=1S/C15H25FN4O/c1-17-15(19-10-12-21-3)18-9-6-11-20(2)14-8-5-4-7-13(14)16/h4-5,7-8H,6,9-12H2,1-3H3,(H2,17,18,19). The molecule has 1 rings (SSSR count). The van der Waals surface area contributed by atoms with E-state index in [1.54, 1.807) is 26.3 Å². The number of nitrogens with one attached hydrogen (secondary N) is 2. The number of ether oxygens (including phenoxy) is 1. The predicted octanol–water partition coefficient (Wildman–Crippen LogP) is 1.46. The van der Waals surface area contributed by atoms with Gasteiger partial charge in [-0.3, -0.25) is 4.99 Å². The van der Waals surface area contributed by atoms with Crippen molar-refractivity contribution < 1.29 is 9.13 Å². The van der Waals surface area contributed by atoms with Crippen molar-refractivity contribution in [3.8, 4) is 0 Å². The molecule has 0 heterocycles. The zero-order valence-corrected chi connectivity index (χ0v) is 13.0. The van der Waals surface area contributed by atoms with Crippen LogP contribution in [0.25, 0.3) is 0 Å². The number of benzene rings is 1. The van der Waals surface area contributed by atoms with Gasteiger partial charge >= 0.3 is 0 Å². The number of guanidine groups is 1. The Bertz CT molecular complexity index is 439. The summed E-state index contributed by atoms with van der Waals surface area (Å²) >= 11 is 0. The number of methoxy groups -OCH3 is 1. The van der Waals surface area contributed by atoms with Crippen molar-refractivity contribution in [2.45, 2.75) is 6.42 Å². The van der Waals surface area contributed by atoms with Gasteiger partial charge in [0.05, 0.1) is 12.3 Å². The van der Waals surface area contributed by atoms with Gasteiger partial charge in [-0.05, 0) is 18.6 Å². The molecular formula is C15H25FN4O. The molecule has 0 aliphatic rings. The van der Waals surface area contributed by atoms with E-state index in [0.29, 0.717) is 18.8 Å². The quantitative estimate of drug-likeness (QED) is 0.433. The summed E-state index contributed by atoms with van der Waals surface area (Å²) in [5.74, 6) is 0.561. The molecule has 0 saturated heterocycles. The number of nitrogens with zero attached hydrogens (tertiary/aromatic N) is 2. The lowest BCUT2D eigenvalue weighted by atomic mass is 10.2. The molecule has 1 aromatic carbocycles. The highest BCUT2D eigenvalue weighted by Gasteiger charge is 2.05. The van der Waals surface area contributed by atoms with Crippen molar-refractivity contribution in [1.82, 2.24) is 10.6 Å². The van der Waals surface area contributed by atoms with Gasteiger partial charge in [-0.15, -0.1) is 0 Å². The van der Waals surface area contributed by atoms with Gasteiger partial charge in [-0.25, -0.2) is 4.39 Å². The molecule has 1 aromatic rings. The Kier molecular flexibility index (Phi) is 8.19. The van der Waals surface area contributed by atoms with Crippen LogP contribution in [0.5, 0.6) is 0 Å². The summed E-state index contributed by atoms with van der Waals surface area (Å²) in [4.78, 5) is 6.03. The highest BCUT2D eigenvalue weighted by Crippen LogP contribution is 2.16. The number of aliphatic imine (C=N–C) groups is 1. The molecule has 0 spiro atoms. The second kappa shape index (κ2) is 9.99. The molecule has 0 fully saturated rings. The van der Waals surface area contributed by atoms with Crippen molar-refractivity contribution in [2.75, 3.05) is 52.3 Å². The van der Waals surface area contributed by atoms with Crippen LogP contribution in [-0.2, 0) is 4.74 Å². The first-order valence-corrected chi connectivity index (χ1v) is 7.08. The van der Waals surface area contributed by atoms with Crippen molar-refractivity contribution in [3.63, 3.8) is 0 Å². The number of rotatable bonds is 8. The molecule has 0 unspecified atom stereocenters. The molecule has 0 saturated carbocycles. The Labute approximate surface area is 126 Å². The summed E-state index contributed by atoms with van der Waals surface area (Å²) in [6.07, 6.45) is 0.885. The fourth-order valence-corrected chi connectivity index (χ4v) is 1.90. The minimum absolute atomic E-state index is 0.190. The minimum atomic E-state index is -0.190. The van der Waals surface area contributed by atoms with Crippen LogP contribution in [0, 0.1) is 5.82 Å². The SMILES string of the molecule is CN=C(NCCCN(C)c1ccccc1F)NCCOC. The number of hydrogen-bond acceptors (Lipinski definition) is 3. The van der Waals surface area contributed by atoms with Crippen LogP contribution in [-0.4, -0.2) is 53.4 Å². The number of halogens is 1. The highest BCUT2D eigenvalue weighted by molar-refractivity contribution is 5.79. The van der Waals surface area contributed by atoms with E-state index in [4.69, 9.17) is 4.74 Å². The first-order valence-electron chi connectivity index (χ1n) is 7.08. The van der Waals surface area contributed by atoms with E-state index in [9.17, 15) is 4.39 Å².